The van der Waals surface area contributed by atoms with E-state index in [1.54, 1.807) is 19.1 Å². The second-order valence-corrected chi connectivity index (χ2v) is 8.59. The number of aliphatic hydroxyl groups excluding tert-OH is 1. The first-order valence-corrected chi connectivity index (χ1v) is 9.97. The SMILES string of the molecule is CC[C@@H](C)N1C(=O)[C@@H]2[C@@H]([C@@H](C)O)N[C@]3(C(=O)Nc4ccc(Br)cc43)[C@@H]2C1=O. The maximum absolute atomic E-state index is 13.4. The topological polar surface area (TPSA) is 98.7 Å². The molecule has 3 aliphatic heterocycles. The Morgan fingerprint density at radius 3 is 2.59 bits per heavy atom. The third-order valence-corrected chi connectivity index (χ3v) is 6.69. The molecule has 8 heteroatoms. The summed E-state index contributed by atoms with van der Waals surface area (Å²) < 4.78 is 0.770. The van der Waals surface area contributed by atoms with Crippen LogP contribution in [-0.2, 0) is 19.9 Å². The lowest BCUT2D eigenvalue weighted by Crippen LogP contribution is -2.55. The number of nitrogens with zero attached hydrogens (tertiary/aromatic N) is 1. The van der Waals surface area contributed by atoms with Gasteiger partial charge in [-0.2, -0.15) is 0 Å². The lowest BCUT2D eigenvalue weighted by Gasteiger charge is -2.31. The molecule has 0 aliphatic carbocycles. The van der Waals surface area contributed by atoms with Gasteiger partial charge in [0.25, 0.3) is 0 Å². The largest absolute Gasteiger partial charge is 0.392 e. The molecule has 1 aromatic rings. The summed E-state index contributed by atoms with van der Waals surface area (Å²) in [7, 11) is 0. The van der Waals surface area contributed by atoms with Crippen LogP contribution in [0, 0.1) is 11.8 Å². The van der Waals surface area contributed by atoms with E-state index >= 15 is 0 Å². The quantitative estimate of drug-likeness (QED) is 0.622. The molecule has 1 aromatic carbocycles. The van der Waals surface area contributed by atoms with Crippen molar-refractivity contribution in [3.63, 3.8) is 0 Å². The number of imide groups is 1. The number of likely N-dealkylation sites (tertiary alicyclic amines) is 1. The maximum Gasteiger partial charge on any atom is 0.250 e. The molecule has 0 saturated carbocycles. The van der Waals surface area contributed by atoms with Crippen LogP contribution in [-0.4, -0.2) is 45.9 Å². The fourth-order valence-corrected chi connectivity index (χ4v) is 5.12. The minimum Gasteiger partial charge on any atom is -0.392 e. The van der Waals surface area contributed by atoms with Crippen molar-refractivity contribution >= 4 is 39.3 Å². The maximum atomic E-state index is 13.4. The van der Waals surface area contributed by atoms with Crippen LogP contribution in [0.3, 0.4) is 0 Å². The average Bonchev–Trinajstić information content (AvgIpc) is 3.20. The molecule has 0 unspecified atom stereocenters. The standard InChI is InChI=1S/C19H22BrN3O4/c1-4-8(2)23-16(25)13-14(17(23)26)19(22-15(13)9(3)24)11-7-10(20)5-6-12(11)21-18(19)27/h5-9,13-15,22,24H,4H2,1-3H3,(H,21,27)/t8-,9-,13+,14+,15-,19+/m1/s1. The molecule has 27 heavy (non-hydrogen) atoms. The summed E-state index contributed by atoms with van der Waals surface area (Å²) in [5.41, 5.74) is -0.115. The normalized spacial score (nSPS) is 34.0. The second kappa shape index (κ2) is 6.12. The van der Waals surface area contributed by atoms with Gasteiger partial charge in [-0.3, -0.25) is 24.6 Å². The second-order valence-electron chi connectivity index (χ2n) is 7.67. The lowest BCUT2D eigenvalue weighted by atomic mass is 9.76. The molecular formula is C19H22BrN3O4. The molecule has 2 fully saturated rings. The molecular weight excluding hydrogens is 414 g/mol. The van der Waals surface area contributed by atoms with Crippen LogP contribution in [0.1, 0.15) is 32.8 Å². The number of anilines is 1. The van der Waals surface area contributed by atoms with Gasteiger partial charge < -0.3 is 10.4 Å². The predicted molar refractivity (Wildman–Crippen MR) is 102 cm³/mol. The molecule has 6 atom stereocenters. The van der Waals surface area contributed by atoms with Crippen molar-refractivity contribution < 1.29 is 19.5 Å². The van der Waals surface area contributed by atoms with E-state index in [-0.39, 0.29) is 23.8 Å². The summed E-state index contributed by atoms with van der Waals surface area (Å²) in [5.74, 6) is -2.68. The molecule has 1 spiro atoms. The van der Waals surface area contributed by atoms with Gasteiger partial charge in [0.05, 0.1) is 17.9 Å². The number of carbonyl (C=O) groups is 3. The van der Waals surface area contributed by atoms with Gasteiger partial charge in [0, 0.05) is 27.8 Å². The molecule has 144 valence electrons. The zero-order valence-corrected chi connectivity index (χ0v) is 16.9. The highest BCUT2D eigenvalue weighted by Gasteiger charge is 2.71. The Kier molecular flexibility index (Phi) is 4.21. The Bertz CT molecular complexity index is 857. The van der Waals surface area contributed by atoms with Crippen molar-refractivity contribution in [1.82, 2.24) is 10.2 Å². The fraction of sp³-hybridized carbons (Fsp3) is 0.526. The zero-order chi connectivity index (χ0) is 19.7. The number of halogens is 1. The predicted octanol–water partition coefficient (Wildman–Crippen LogP) is 1.35. The van der Waals surface area contributed by atoms with Crippen molar-refractivity contribution in [2.45, 2.75) is 50.9 Å². The monoisotopic (exact) mass is 435 g/mol. The Morgan fingerprint density at radius 2 is 1.96 bits per heavy atom. The summed E-state index contributed by atoms with van der Waals surface area (Å²) in [6.45, 7) is 5.31. The van der Waals surface area contributed by atoms with E-state index in [2.05, 4.69) is 26.6 Å². The molecule has 0 aromatic heterocycles. The first-order valence-electron chi connectivity index (χ1n) is 9.18. The van der Waals surface area contributed by atoms with Gasteiger partial charge in [-0.25, -0.2) is 0 Å². The highest BCUT2D eigenvalue weighted by molar-refractivity contribution is 9.10. The number of aliphatic hydroxyl groups is 1. The van der Waals surface area contributed by atoms with E-state index in [0.29, 0.717) is 17.7 Å². The van der Waals surface area contributed by atoms with Crippen LogP contribution in [0.4, 0.5) is 5.69 Å². The van der Waals surface area contributed by atoms with Gasteiger partial charge in [0.15, 0.2) is 0 Å². The van der Waals surface area contributed by atoms with Gasteiger partial charge in [0.2, 0.25) is 17.7 Å². The van der Waals surface area contributed by atoms with Crippen LogP contribution in [0.25, 0.3) is 0 Å². The van der Waals surface area contributed by atoms with Gasteiger partial charge >= 0.3 is 0 Å². The summed E-state index contributed by atoms with van der Waals surface area (Å²) in [4.78, 5) is 40.9. The number of fused-ring (bicyclic) bond motifs is 4. The highest BCUT2D eigenvalue weighted by atomic mass is 79.9. The van der Waals surface area contributed by atoms with Crippen molar-refractivity contribution in [2.75, 3.05) is 5.32 Å². The lowest BCUT2D eigenvalue weighted by molar-refractivity contribution is -0.145. The number of amides is 3. The minimum absolute atomic E-state index is 0.256. The van der Waals surface area contributed by atoms with E-state index in [4.69, 9.17) is 0 Å². The van der Waals surface area contributed by atoms with E-state index in [1.807, 2.05) is 19.9 Å². The zero-order valence-electron chi connectivity index (χ0n) is 15.3. The third kappa shape index (κ3) is 2.30. The molecule has 2 saturated heterocycles. The molecule has 3 N–H and O–H groups in total. The van der Waals surface area contributed by atoms with Gasteiger partial charge in [-0.15, -0.1) is 0 Å². The van der Waals surface area contributed by atoms with Crippen LogP contribution in [0.15, 0.2) is 22.7 Å². The van der Waals surface area contributed by atoms with Gasteiger partial charge in [-0.05, 0) is 38.5 Å². The molecule has 0 radical (unpaired) electrons. The fourth-order valence-electron chi connectivity index (χ4n) is 4.76. The summed E-state index contributed by atoms with van der Waals surface area (Å²) in [5, 5.41) is 16.4. The summed E-state index contributed by atoms with van der Waals surface area (Å²) in [6.07, 6.45) is -0.264. The summed E-state index contributed by atoms with van der Waals surface area (Å²) >= 11 is 3.43. The molecule has 3 heterocycles. The van der Waals surface area contributed by atoms with Crippen LogP contribution >= 0.6 is 15.9 Å². The number of rotatable bonds is 3. The first kappa shape index (κ1) is 18.6. The van der Waals surface area contributed by atoms with E-state index in [1.165, 1.54) is 4.90 Å². The van der Waals surface area contributed by atoms with E-state index < -0.39 is 29.5 Å². The summed E-state index contributed by atoms with van der Waals surface area (Å²) in [6, 6.07) is 4.44. The van der Waals surface area contributed by atoms with Gasteiger partial charge in [0.1, 0.15) is 5.54 Å². The Morgan fingerprint density at radius 1 is 1.26 bits per heavy atom. The first-order chi connectivity index (χ1) is 12.7. The number of nitrogens with one attached hydrogen (secondary N) is 2. The molecule has 0 bridgehead atoms. The average molecular weight is 436 g/mol. The molecule has 7 nitrogen and oxygen atoms in total. The molecule has 3 aliphatic rings. The van der Waals surface area contributed by atoms with Crippen LogP contribution in [0.5, 0.6) is 0 Å². The van der Waals surface area contributed by atoms with Gasteiger partial charge in [-0.1, -0.05) is 22.9 Å². The van der Waals surface area contributed by atoms with Crippen molar-refractivity contribution in [3.8, 4) is 0 Å². The molecule has 4 rings (SSSR count). The van der Waals surface area contributed by atoms with E-state index in [9.17, 15) is 19.5 Å². The van der Waals surface area contributed by atoms with E-state index in [0.717, 1.165) is 4.47 Å². The van der Waals surface area contributed by atoms with Crippen LogP contribution < -0.4 is 10.6 Å². The Balaban J connectivity index is 1.92. The number of carbonyl (C=O) groups excluding carboxylic acids is 3. The van der Waals surface area contributed by atoms with Crippen molar-refractivity contribution in [1.29, 1.82) is 0 Å². The van der Waals surface area contributed by atoms with Crippen molar-refractivity contribution in [2.24, 2.45) is 11.8 Å². The molecule has 3 amide bonds. The van der Waals surface area contributed by atoms with Crippen LogP contribution in [0.2, 0.25) is 0 Å². The Hall–Kier alpha value is -1.77. The Labute approximate surface area is 165 Å². The number of hydrogen-bond acceptors (Lipinski definition) is 5. The van der Waals surface area contributed by atoms with Crippen molar-refractivity contribution in [3.05, 3.63) is 28.2 Å². The number of benzene rings is 1. The minimum atomic E-state index is -1.36. The third-order valence-electron chi connectivity index (χ3n) is 6.20. The smallest absolute Gasteiger partial charge is 0.250 e. The highest BCUT2D eigenvalue weighted by Crippen LogP contribution is 2.54. The number of hydrogen-bond donors (Lipinski definition) is 3.